The summed E-state index contributed by atoms with van der Waals surface area (Å²) < 4.78 is 5.50. The highest BCUT2D eigenvalue weighted by Gasteiger charge is 2.17. The third-order valence-corrected chi connectivity index (χ3v) is 3.85. The smallest absolute Gasteiger partial charge is 0.251 e. The third kappa shape index (κ3) is 3.03. The van der Waals surface area contributed by atoms with Gasteiger partial charge in [0.25, 0.3) is 5.91 Å². The summed E-state index contributed by atoms with van der Waals surface area (Å²) in [5, 5.41) is 2.92. The Kier molecular flexibility index (Phi) is 3.84. The molecular formula is C16H19N3O2. The first-order chi connectivity index (χ1) is 10.1. The predicted molar refractivity (Wildman–Crippen MR) is 80.3 cm³/mol. The van der Waals surface area contributed by atoms with Crippen molar-refractivity contribution >= 4 is 16.9 Å². The number of hydrogen-bond donors (Lipinski definition) is 1. The monoisotopic (exact) mass is 285 g/mol. The summed E-state index contributed by atoms with van der Waals surface area (Å²) in [6.45, 7) is 5.22. The number of benzene rings is 1. The van der Waals surface area contributed by atoms with E-state index < -0.39 is 0 Å². The quantitative estimate of drug-likeness (QED) is 0.938. The van der Waals surface area contributed by atoms with Crippen molar-refractivity contribution in [2.75, 3.05) is 13.2 Å². The largest absolute Gasteiger partial charge is 0.376 e. The Hall–Kier alpha value is -2.01. The minimum absolute atomic E-state index is 0.0903. The van der Waals surface area contributed by atoms with E-state index in [1.807, 2.05) is 19.9 Å². The Morgan fingerprint density at radius 1 is 1.29 bits per heavy atom. The molecule has 1 aliphatic heterocycles. The van der Waals surface area contributed by atoms with Crippen LogP contribution in [0.25, 0.3) is 11.0 Å². The van der Waals surface area contributed by atoms with E-state index in [2.05, 4.69) is 15.3 Å². The van der Waals surface area contributed by atoms with E-state index in [1.165, 1.54) is 0 Å². The highest BCUT2D eigenvalue weighted by atomic mass is 16.5. The molecule has 110 valence electrons. The van der Waals surface area contributed by atoms with E-state index in [1.54, 1.807) is 12.1 Å². The van der Waals surface area contributed by atoms with Gasteiger partial charge in [-0.05, 0) is 44.9 Å². The molecule has 1 saturated heterocycles. The lowest BCUT2D eigenvalue weighted by molar-refractivity contribution is 0.0858. The Morgan fingerprint density at radius 3 is 2.76 bits per heavy atom. The second-order valence-corrected chi connectivity index (χ2v) is 5.44. The summed E-state index contributed by atoms with van der Waals surface area (Å²) >= 11 is 0. The predicted octanol–water partition coefficient (Wildman–Crippen LogP) is 2.16. The van der Waals surface area contributed by atoms with Gasteiger partial charge in [-0.3, -0.25) is 4.79 Å². The molecule has 0 bridgehead atoms. The number of ether oxygens (including phenoxy) is 1. The molecule has 2 aromatic rings. The standard InChI is InChI=1S/C16H19N3O2/c1-10-11(2)19-15-8-12(5-6-14(15)18-10)16(20)17-9-13-4-3-7-21-13/h5-6,8,13H,3-4,7,9H2,1-2H3,(H,17,20)/t13-/m1/s1. The first kappa shape index (κ1) is 13.9. The maximum atomic E-state index is 12.2. The lowest BCUT2D eigenvalue weighted by Crippen LogP contribution is -2.31. The van der Waals surface area contributed by atoms with Crippen molar-refractivity contribution < 1.29 is 9.53 Å². The normalized spacial score (nSPS) is 18.1. The maximum Gasteiger partial charge on any atom is 0.251 e. The summed E-state index contributed by atoms with van der Waals surface area (Å²) in [6.07, 6.45) is 2.24. The number of nitrogens with zero attached hydrogens (tertiary/aromatic N) is 2. The van der Waals surface area contributed by atoms with E-state index in [0.717, 1.165) is 41.9 Å². The van der Waals surface area contributed by atoms with E-state index in [-0.39, 0.29) is 12.0 Å². The maximum absolute atomic E-state index is 12.2. The molecule has 0 spiro atoms. The van der Waals surface area contributed by atoms with Crippen molar-refractivity contribution in [2.45, 2.75) is 32.8 Å². The molecule has 5 heteroatoms. The molecule has 1 aromatic heterocycles. The van der Waals surface area contributed by atoms with E-state index in [9.17, 15) is 4.79 Å². The molecule has 1 fully saturated rings. The van der Waals surface area contributed by atoms with Gasteiger partial charge in [-0.2, -0.15) is 0 Å². The first-order valence-electron chi connectivity index (χ1n) is 7.28. The number of carbonyl (C=O) groups is 1. The van der Waals surface area contributed by atoms with Gasteiger partial charge in [0, 0.05) is 18.7 Å². The van der Waals surface area contributed by atoms with E-state index in [0.29, 0.717) is 12.1 Å². The van der Waals surface area contributed by atoms with Gasteiger partial charge in [0.1, 0.15) is 0 Å². The van der Waals surface area contributed by atoms with Gasteiger partial charge in [0.15, 0.2) is 0 Å². The molecule has 1 atom stereocenters. The molecule has 1 aliphatic rings. The fourth-order valence-electron chi connectivity index (χ4n) is 2.49. The molecule has 1 amide bonds. The van der Waals surface area contributed by atoms with Crippen LogP contribution in [0.4, 0.5) is 0 Å². The van der Waals surface area contributed by atoms with Gasteiger partial charge >= 0.3 is 0 Å². The second kappa shape index (κ2) is 5.77. The van der Waals surface area contributed by atoms with Crippen LogP contribution in [0.15, 0.2) is 18.2 Å². The summed E-state index contributed by atoms with van der Waals surface area (Å²) in [7, 11) is 0. The van der Waals surface area contributed by atoms with Crippen LogP contribution in [0.1, 0.15) is 34.6 Å². The molecule has 1 aromatic carbocycles. The van der Waals surface area contributed by atoms with Crippen molar-refractivity contribution in [3.8, 4) is 0 Å². The van der Waals surface area contributed by atoms with Gasteiger partial charge in [0.2, 0.25) is 0 Å². The van der Waals surface area contributed by atoms with Crippen LogP contribution in [0.5, 0.6) is 0 Å². The summed E-state index contributed by atoms with van der Waals surface area (Å²) in [4.78, 5) is 21.1. The number of amides is 1. The summed E-state index contributed by atoms with van der Waals surface area (Å²) in [6, 6.07) is 5.42. The molecule has 0 saturated carbocycles. The molecule has 0 radical (unpaired) electrons. The Morgan fingerprint density at radius 2 is 2.05 bits per heavy atom. The number of rotatable bonds is 3. The molecule has 0 aliphatic carbocycles. The fourth-order valence-corrected chi connectivity index (χ4v) is 2.49. The Balaban J connectivity index is 1.76. The number of nitrogens with one attached hydrogen (secondary N) is 1. The SMILES string of the molecule is Cc1nc2ccc(C(=O)NC[C@H]3CCCO3)cc2nc1C. The lowest BCUT2D eigenvalue weighted by Gasteiger charge is -2.11. The lowest BCUT2D eigenvalue weighted by atomic mass is 10.1. The van der Waals surface area contributed by atoms with Gasteiger partial charge < -0.3 is 10.1 Å². The minimum atomic E-state index is -0.0903. The van der Waals surface area contributed by atoms with Crippen LogP contribution in [-0.4, -0.2) is 35.1 Å². The van der Waals surface area contributed by atoms with Crippen molar-refractivity contribution in [3.63, 3.8) is 0 Å². The molecule has 5 nitrogen and oxygen atoms in total. The zero-order chi connectivity index (χ0) is 14.8. The summed E-state index contributed by atoms with van der Waals surface area (Å²) in [5.74, 6) is -0.0903. The molecule has 2 heterocycles. The molecule has 0 unspecified atom stereocenters. The van der Waals surface area contributed by atoms with Crippen LogP contribution >= 0.6 is 0 Å². The Bertz CT molecular complexity index is 679. The van der Waals surface area contributed by atoms with Crippen LogP contribution in [-0.2, 0) is 4.74 Å². The van der Waals surface area contributed by atoms with Crippen molar-refractivity contribution in [3.05, 3.63) is 35.2 Å². The number of aromatic nitrogens is 2. The van der Waals surface area contributed by atoms with Gasteiger partial charge in [0.05, 0.1) is 28.5 Å². The molecule has 3 rings (SSSR count). The average molecular weight is 285 g/mol. The highest BCUT2D eigenvalue weighted by Crippen LogP contribution is 2.15. The van der Waals surface area contributed by atoms with E-state index >= 15 is 0 Å². The first-order valence-corrected chi connectivity index (χ1v) is 7.28. The summed E-state index contributed by atoms with van der Waals surface area (Å²) in [5.41, 5.74) is 3.98. The molecular weight excluding hydrogens is 266 g/mol. The zero-order valence-corrected chi connectivity index (χ0v) is 12.3. The fraction of sp³-hybridized carbons (Fsp3) is 0.438. The third-order valence-electron chi connectivity index (χ3n) is 3.85. The van der Waals surface area contributed by atoms with Gasteiger partial charge in [-0.1, -0.05) is 0 Å². The zero-order valence-electron chi connectivity index (χ0n) is 12.3. The van der Waals surface area contributed by atoms with Crippen molar-refractivity contribution in [1.82, 2.24) is 15.3 Å². The van der Waals surface area contributed by atoms with Crippen LogP contribution in [0, 0.1) is 13.8 Å². The number of aryl methyl sites for hydroxylation is 2. The number of hydrogen-bond acceptors (Lipinski definition) is 4. The Labute approximate surface area is 123 Å². The van der Waals surface area contributed by atoms with Gasteiger partial charge in [-0.25, -0.2) is 9.97 Å². The van der Waals surface area contributed by atoms with Gasteiger partial charge in [-0.15, -0.1) is 0 Å². The molecule has 21 heavy (non-hydrogen) atoms. The second-order valence-electron chi connectivity index (χ2n) is 5.44. The highest BCUT2D eigenvalue weighted by molar-refractivity contribution is 5.97. The number of fused-ring (bicyclic) bond motifs is 1. The van der Waals surface area contributed by atoms with E-state index in [4.69, 9.17) is 4.74 Å². The number of carbonyl (C=O) groups excluding carboxylic acids is 1. The minimum Gasteiger partial charge on any atom is -0.376 e. The topological polar surface area (TPSA) is 64.1 Å². The van der Waals surface area contributed by atoms with Crippen LogP contribution < -0.4 is 5.32 Å². The van der Waals surface area contributed by atoms with Crippen LogP contribution in [0.3, 0.4) is 0 Å². The van der Waals surface area contributed by atoms with Crippen molar-refractivity contribution in [1.29, 1.82) is 0 Å². The van der Waals surface area contributed by atoms with Crippen LogP contribution in [0.2, 0.25) is 0 Å². The van der Waals surface area contributed by atoms with Crippen molar-refractivity contribution in [2.24, 2.45) is 0 Å². The molecule has 1 N–H and O–H groups in total. The average Bonchev–Trinajstić information content (AvgIpc) is 2.99.